The van der Waals surface area contributed by atoms with Crippen LogP contribution in [0.2, 0.25) is 0 Å². The summed E-state index contributed by atoms with van der Waals surface area (Å²) in [5.41, 5.74) is 0.862. The predicted molar refractivity (Wildman–Crippen MR) is 86.4 cm³/mol. The highest BCUT2D eigenvalue weighted by Crippen LogP contribution is 2.32. The lowest BCUT2D eigenvalue weighted by Crippen LogP contribution is -2.31. The number of benzene rings is 1. The van der Waals surface area contributed by atoms with Gasteiger partial charge in [0.15, 0.2) is 0 Å². The molecule has 2 aliphatic rings. The lowest BCUT2D eigenvalue weighted by atomic mass is 10.0. The van der Waals surface area contributed by atoms with E-state index in [0.29, 0.717) is 25.6 Å². The fourth-order valence-corrected chi connectivity index (χ4v) is 4.25. The fourth-order valence-electron chi connectivity index (χ4n) is 3.33. The van der Waals surface area contributed by atoms with E-state index in [2.05, 4.69) is 5.32 Å². The van der Waals surface area contributed by atoms with Crippen molar-refractivity contribution >= 4 is 10.0 Å². The third-order valence-corrected chi connectivity index (χ3v) is 5.88. The number of rotatable bonds is 4. The number of nitrogens with one attached hydrogen (secondary N) is 1. The summed E-state index contributed by atoms with van der Waals surface area (Å²) in [5.74, 6) is 0.779. The molecule has 0 unspecified atom stereocenters. The number of nitrogens with zero attached hydrogens (tertiary/aromatic N) is 1. The largest absolute Gasteiger partial charge is 0.493 e. The predicted octanol–water partition coefficient (Wildman–Crippen LogP) is 1.91. The van der Waals surface area contributed by atoms with Crippen LogP contribution in [0.1, 0.15) is 30.9 Å². The van der Waals surface area contributed by atoms with Crippen LogP contribution >= 0.6 is 0 Å². The molecule has 0 radical (unpaired) electrons. The fraction of sp³-hybridized carbons (Fsp3) is 0.625. The topological polar surface area (TPSA) is 58.6 Å². The van der Waals surface area contributed by atoms with Crippen LogP contribution in [0.4, 0.5) is 4.39 Å². The quantitative estimate of drug-likeness (QED) is 0.908. The number of fused-ring (bicyclic) bond motifs is 1. The van der Waals surface area contributed by atoms with Crippen LogP contribution in [0.3, 0.4) is 0 Å². The zero-order valence-corrected chi connectivity index (χ0v) is 14.1. The number of hydrogen-bond donors (Lipinski definition) is 1. The molecule has 0 spiro atoms. The first kappa shape index (κ1) is 16.7. The van der Waals surface area contributed by atoms with Gasteiger partial charge in [-0.3, -0.25) is 0 Å². The van der Waals surface area contributed by atoms with E-state index in [1.807, 2.05) is 0 Å². The normalized spacial score (nSPS) is 25.7. The van der Waals surface area contributed by atoms with Crippen LogP contribution < -0.4 is 10.1 Å². The third kappa shape index (κ3) is 4.02. The zero-order valence-electron chi connectivity index (χ0n) is 13.3. The van der Waals surface area contributed by atoms with Crippen molar-refractivity contribution in [1.29, 1.82) is 0 Å². The second-order valence-electron chi connectivity index (χ2n) is 6.41. The summed E-state index contributed by atoms with van der Waals surface area (Å²) >= 11 is 0. The highest BCUT2D eigenvalue weighted by Gasteiger charge is 2.29. The van der Waals surface area contributed by atoms with E-state index in [1.165, 1.54) is 22.7 Å². The van der Waals surface area contributed by atoms with Gasteiger partial charge in [0.1, 0.15) is 11.6 Å². The molecule has 3 rings (SSSR count). The summed E-state index contributed by atoms with van der Waals surface area (Å²) in [7, 11) is -3.10. The van der Waals surface area contributed by atoms with Crippen molar-refractivity contribution in [3.8, 4) is 5.75 Å². The van der Waals surface area contributed by atoms with Crippen molar-refractivity contribution < 1.29 is 17.5 Å². The summed E-state index contributed by atoms with van der Waals surface area (Å²) in [6, 6.07) is 4.69. The lowest BCUT2D eigenvalue weighted by molar-refractivity contribution is 0.314. The van der Waals surface area contributed by atoms with E-state index < -0.39 is 10.0 Å². The van der Waals surface area contributed by atoms with Gasteiger partial charge in [-0.2, -0.15) is 0 Å². The van der Waals surface area contributed by atoms with Gasteiger partial charge < -0.3 is 10.1 Å². The Kier molecular flexibility index (Phi) is 4.89. The van der Waals surface area contributed by atoms with Gasteiger partial charge in [-0.1, -0.05) is 0 Å². The van der Waals surface area contributed by atoms with Crippen LogP contribution in [0, 0.1) is 11.7 Å². The van der Waals surface area contributed by atoms with Crippen molar-refractivity contribution in [3.05, 3.63) is 29.6 Å². The van der Waals surface area contributed by atoms with E-state index in [9.17, 15) is 12.8 Å². The summed E-state index contributed by atoms with van der Waals surface area (Å²) < 4.78 is 43.9. The van der Waals surface area contributed by atoms with E-state index >= 15 is 0 Å². The van der Waals surface area contributed by atoms with Crippen molar-refractivity contribution in [2.45, 2.75) is 25.3 Å². The third-order valence-electron chi connectivity index (χ3n) is 4.61. The number of halogens is 1. The van der Waals surface area contributed by atoms with Crippen molar-refractivity contribution in [2.75, 3.05) is 32.5 Å². The Bertz CT molecular complexity index is 665. The van der Waals surface area contributed by atoms with Crippen LogP contribution in [0.25, 0.3) is 0 Å². The van der Waals surface area contributed by atoms with Gasteiger partial charge in [-0.25, -0.2) is 17.1 Å². The molecule has 0 aliphatic carbocycles. The van der Waals surface area contributed by atoms with Crippen molar-refractivity contribution in [2.24, 2.45) is 5.92 Å². The van der Waals surface area contributed by atoms with Gasteiger partial charge in [0.05, 0.1) is 12.9 Å². The second kappa shape index (κ2) is 6.75. The molecule has 1 saturated heterocycles. The van der Waals surface area contributed by atoms with E-state index in [0.717, 1.165) is 37.1 Å². The summed E-state index contributed by atoms with van der Waals surface area (Å²) in [6.45, 7) is 2.52. The molecule has 23 heavy (non-hydrogen) atoms. The minimum Gasteiger partial charge on any atom is -0.493 e. The first-order chi connectivity index (χ1) is 10.9. The maximum atomic E-state index is 13.6. The molecule has 2 heterocycles. The second-order valence-corrected chi connectivity index (χ2v) is 8.39. The minimum absolute atomic E-state index is 0.0514. The molecular formula is C16H23FN2O3S. The molecule has 0 bridgehead atoms. The standard InChI is InChI=1S/C16H23FN2O3S/c1-23(20,21)19-7-6-12(11-19)10-18-15-3-2-8-22-16-5-4-13(17)9-14(15)16/h4-5,9,12,15,18H,2-3,6-8,10-11H2,1H3/t12-,15-/m0/s1. The summed E-state index contributed by atoms with van der Waals surface area (Å²) in [6.07, 6.45) is 3.91. The SMILES string of the molecule is CS(=O)(=O)N1CC[C@@H](CN[C@H]2CCCOc3ccc(F)cc32)C1. The molecule has 2 aliphatic heterocycles. The van der Waals surface area contributed by atoms with Gasteiger partial charge in [-0.05, 0) is 49.9 Å². The monoisotopic (exact) mass is 342 g/mol. The Morgan fingerprint density at radius 2 is 2.22 bits per heavy atom. The van der Waals surface area contributed by atoms with Crippen LogP contribution in [-0.4, -0.2) is 45.2 Å². The van der Waals surface area contributed by atoms with Gasteiger partial charge in [0.2, 0.25) is 10.0 Å². The minimum atomic E-state index is -3.10. The van der Waals surface area contributed by atoms with Crippen molar-refractivity contribution in [3.63, 3.8) is 0 Å². The molecule has 2 atom stereocenters. The molecule has 1 aromatic rings. The zero-order chi connectivity index (χ0) is 16.4. The van der Waals surface area contributed by atoms with Gasteiger partial charge in [-0.15, -0.1) is 0 Å². The van der Waals surface area contributed by atoms with Gasteiger partial charge in [0.25, 0.3) is 0 Å². The summed E-state index contributed by atoms with van der Waals surface area (Å²) in [4.78, 5) is 0. The average molecular weight is 342 g/mol. The van der Waals surface area contributed by atoms with Crippen molar-refractivity contribution in [1.82, 2.24) is 9.62 Å². The Hall–Kier alpha value is -1.18. The Morgan fingerprint density at radius 3 is 2.96 bits per heavy atom. The molecule has 1 fully saturated rings. The maximum absolute atomic E-state index is 13.6. The van der Waals surface area contributed by atoms with Crippen LogP contribution in [0.15, 0.2) is 18.2 Å². The molecule has 128 valence electrons. The first-order valence-corrected chi connectivity index (χ1v) is 9.89. The smallest absolute Gasteiger partial charge is 0.211 e. The molecule has 0 amide bonds. The average Bonchev–Trinajstić information content (AvgIpc) is 2.88. The van der Waals surface area contributed by atoms with Gasteiger partial charge >= 0.3 is 0 Å². The molecule has 5 nitrogen and oxygen atoms in total. The number of ether oxygens (including phenoxy) is 1. The Balaban J connectivity index is 1.64. The number of sulfonamides is 1. The Morgan fingerprint density at radius 1 is 1.39 bits per heavy atom. The highest BCUT2D eigenvalue weighted by molar-refractivity contribution is 7.88. The maximum Gasteiger partial charge on any atom is 0.211 e. The van der Waals surface area contributed by atoms with Crippen LogP contribution in [-0.2, 0) is 10.0 Å². The Labute approximate surface area is 136 Å². The lowest BCUT2D eigenvalue weighted by Gasteiger charge is -2.21. The molecule has 0 saturated carbocycles. The van der Waals surface area contributed by atoms with Crippen LogP contribution in [0.5, 0.6) is 5.75 Å². The van der Waals surface area contributed by atoms with E-state index in [1.54, 1.807) is 6.07 Å². The highest BCUT2D eigenvalue weighted by atomic mass is 32.2. The molecule has 1 N–H and O–H groups in total. The molecule has 1 aromatic carbocycles. The number of hydrogen-bond acceptors (Lipinski definition) is 4. The molecule has 0 aromatic heterocycles. The van der Waals surface area contributed by atoms with E-state index in [4.69, 9.17) is 4.74 Å². The first-order valence-electron chi connectivity index (χ1n) is 8.04. The van der Waals surface area contributed by atoms with Gasteiger partial charge in [0, 0.05) is 24.7 Å². The van der Waals surface area contributed by atoms with E-state index in [-0.39, 0.29) is 11.9 Å². The molecule has 7 heteroatoms. The molecular weight excluding hydrogens is 319 g/mol. The summed E-state index contributed by atoms with van der Waals surface area (Å²) in [5, 5.41) is 3.49.